The van der Waals surface area contributed by atoms with Crippen molar-refractivity contribution in [2.75, 3.05) is 6.79 Å². The lowest BCUT2D eigenvalue weighted by atomic mass is 9.86. The highest BCUT2D eigenvalue weighted by Gasteiger charge is 2.30. The molecule has 35 heavy (non-hydrogen) atoms. The lowest BCUT2D eigenvalue weighted by Gasteiger charge is -2.21. The van der Waals surface area contributed by atoms with Crippen molar-refractivity contribution >= 4 is 35.1 Å². The van der Waals surface area contributed by atoms with Gasteiger partial charge in [0, 0.05) is 18.8 Å². The summed E-state index contributed by atoms with van der Waals surface area (Å²) in [6, 6.07) is 17.7. The molecule has 2 aromatic carbocycles. The molecule has 4 rings (SSSR count). The van der Waals surface area contributed by atoms with E-state index in [1.54, 1.807) is 4.68 Å². The number of hydrogen-bond donors (Lipinski definition) is 0. The van der Waals surface area contributed by atoms with Crippen molar-refractivity contribution in [1.29, 1.82) is 0 Å². The summed E-state index contributed by atoms with van der Waals surface area (Å²) < 4.78 is 13.2. The minimum atomic E-state index is -0.374. The van der Waals surface area contributed by atoms with E-state index in [-0.39, 0.29) is 30.6 Å². The van der Waals surface area contributed by atoms with Crippen molar-refractivity contribution in [2.24, 2.45) is 12.0 Å². The number of aryl methyl sites for hydroxylation is 2. The fourth-order valence-electron chi connectivity index (χ4n) is 3.90. The fourth-order valence-corrected chi connectivity index (χ4v) is 4.14. The molecule has 0 radical (unpaired) electrons. The highest BCUT2D eigenvalue weighted by Crippen LogP contribution is 2.38. The predicted octanol–water partition coefficient (Wildman–Crippen LogP) is 5.76. The van der Waals surface area contributed by atoms with Crippen LogP contribution in [0, 0.1) is 6.92 Å². The Bertz CT molecular complexity index is 1260. The Balaban J connectivity index is 1.65. The van der Waals surface area contributed by atoms with E-state index in [1.165, 1.54) is 5.56 Å². The summed E-state index contributed by atoms with van der Waals surface area (Å²) in [7, 11) is 1.81. The second kappa shape index (κ2) is 10.1. The Hall–Kier alpha value is -3.38. The first-order valence-corrected chi connectivity index (χ1v) is 11.9. The molecule has 1 unspecified atom stereocenters. The number of benzene rings is 2. The molecule has 3 aromatic rings. The van der Waals surface area contributed by atoms with Gasteiger partial charge in [-0.25, -0.2) is 0 Å². The van der Waals surface area contributed by atoms with Gasteiger partial charge in [-0.2, -0.15) is 5.10 Å². The second-order valence-electron chi connectivity index (χ2n) is 9.63. The third-order valence-electron chi connectivity index (χ3n) is 5.88. The van der Waals surface area contributed by atoms with Gasteiger partial charge < -0.3 is 9.47 Å². The van der Waals surface area contributed by atoms with Crippen molar-refractivity contribution in [1.82, 2.24) is 9.78 Å². The van der Waals surface area contributed by atoms with Gasteiger partial charge in [0.05, 0.1) is 17.1 Å². The second-order valence-corrected chi connectivity index (χ2v) is 10.0. The lowest BCUT2D eigenvalue weighted by molar-refractivity contribution is -0.150. The normalized spacial score (nSPS) is 15.5. The van der Waals surface area contributed by atoms with E-state index in [4.69, 9.17) is 21.1 Å². The van der Waals surface area contributed by atoms with Gasteiger partial charge in [0.25, 0.3) is 0 Å². The van der Waals surface area contributed by atoms with Crippen LogP contribution in [0.3, 0.4) is 0 Å². The van der Waals surface area contributed by atoms with E-state index < -0.39 is 0 Å². The van der Waals surface area contributed by atoms with E-state index in [2.05, 4.69) is 55.1 Å². The van der Waals surface area contributed by atoms with Gasteiger partial charge in [-0.3, -0.25) is 14.5 Å². The highest BCUT2D eigenvalue weighted by molar-refractivity contribution is 6.33. The summed E-state index contributed by atoms with van der Waals surface area (Å²) in [5.41, 5.74) is 5.26. The molecule has 1 aliphatic rings. The Morgan fingerprint density at radius 3 is 2.26 bits per heavy atom. The number of nitrogens with zero attached hydrogens (tertiary/aromatic N) is 3. The van der Waals surface area contributed by atoms with Gasteiger partial charge in [0.2, 0.25) is 6.79 Å². The molecule has 182 valence electrons. The van der Waals surface area contributed by atoms with Crippen LogP contribution in [0.25, 0.3) is 11.3 Å². The average molecular weight is 492 g/mol. The van der Waals surface area contributed by atoms with Crippen LogP contribution in [0.4, 0.5) is 0 Å². The summed E-state index contributed by atoms with van der Waals surface area (Å²) in [6.07, 6.45) is 2.02. The summed E-state index contributed by atoms with van der Waals surface area (Å²) in [4.78, 5) is 16.8. The van der Waals surface area contributed by atoms with Crippen LogP contribution < -0.4 is 0 Å². The van der Waals surface area contributed by atoms with Crippen molar-refractivity contribution < 1.29 is 14.3 Å². The molecule has 0 bridgehead atoms. The molecule has 0 spiro atoms. The quantitative estimate of drug-likeness (QED) is 0.228. The number of halogens is 1. The Kier molecular flexibility index (Phi) is 7.13. The van der Waals surface area contributed by atoms with Gasteiger partial charge in [-0.05, 0) is 29.0 Å². The van der Waals surface area contributed by atoms with Gasteiger partial charge in [0.15, 0.2) is 5.76 Å². The Labute approximate surface area is 211 Å². The van der Waals surface area contributed by atoms with Crippen molar-refractivity contribution in [3.8, 4) is 0 Å². The lowest BCUT2D eigenvalue weighted by Crippen LogP contribution is -2.14. The molecule has 0 N–H and O–H groups in total. The number of ether oxygens (including phenoxy) is 2. The molecular formula is C28H30ClN3O3. The Morgan fingerprint density at radius 1 is 1.06 bits per heavy atom. The van der Waals surface area contributed by atoms with Crippen molar-refractivity contribution in [3.63, 3.8) is 0 Å². The third kappa shape index (κ3) is 5.82. The summed E-state index contributed by atoms with van der Waals surface area (Å²) >= 11 is 6.65. The van der Waals surface area contributed by atoms with Crippen LogP contribution in [-0.2, 0) is 33.2 Å². The van der Waals surface area contributed by atoms with Gasteiger partial charge in [-0.15, -0.1) is 0 Å². The first kappa shape index (κ1) is 24.7. The molecule has 1 aromatic heterocycles. The maximum Gasteiger partial charge on any atom is 0.313 e. The highest BCUT2D eigenvalue weighted by atomic mass is 35.5. The summed E-state index contributed by atoms with van der Waals surface area (Å²) in [6.45, 7) is 8.13. The standard InChI is InChI=1S/C28H30ClN3O3/c1-18-25(29)26(32(5)31-18)27(35-17-34-23(33)15-19-9-7-6-8-10-19)24(22-16-30-22)20-11-13-21(14-12-20)28(2,3)4/h6-14,16,22H,15,17H2,1-5H3/b27-24+. The molecule has 0 aliphatic carbocycles. The zero-order chi connectivity index (χ0) is 25.2. The summed E-state index contributed by atoms with van der Waals surface area (Å²) in [5, 5.41) is 4.94. The van der Waals surface area contributed by atoms with Gasteiger partial charge in [-0.1, -0.05) is 87.0 Å². The first-order valence-electron chi connectivity index (χ1n) is 11.6. The van der Waals surface area contributed by atoms with Crippen LogP contribution in [0.15, 0.2) is 59.6 Å². The number of carbonyl (C=O) groups is 1. The molecule has 2 heterocycles. The maximum atomic E-state index is 12.4. The van der Waals surface area contributed by atoms with E-state index in [0.717, 1.165) is 16.7 Å². The zero-order valence-electron chi connectivity index (χ0n) is 20.7. The van der Waals surface area contributed by atoms with Crippen LogP contribution in [0.1, 0.15) is 48.8 Å². The van der Waals surface area contributed by atoms with Crippen molar-refractivity contribution in [2.45, 2.75) is 45.6 Å². The number of aromatic nitrogens is 2. The van der Waals surface area contributed by atoms with Crippen LogP contribution in [-0.4, -0.2) is 34.8 Å². The predicted molar refractivity (Wildman–Crippen MR) is 139 cm³/mol. The van der Waals surface area contributed by atoms with Crippen molar-refractivity contribution in [3.05, 3.63) is 87.7 Å². The number of hydrogen-bond acceptors (Lipinski definition) is 5. The van der Waals surface area contributed by atoms with Crippen LogP contribution in [0.5, 0.6) is 0 Å². The molecule has 0 saturated heterocycles. The third-order valence-corrected chi connectivity index (χ3v) is 6.33. The van der Waals surface area contributed by atoms with E-state index in [9.17, 15) is 4.79 Å². The molecule has 1 atom stereocenters. The Morgan fingerprint density at radius 2 is 1.71 bits per heavy atom. The molecule has 1 aliphatic heterocycles. The maximum absolute atomic E-state index is 12.4. The zero-order valence-corrected chi connectivity index (χ0v) is 21.5. The molecular weight excluding hydrogens is 462 g/mol. The number of carbonyl (C=O) groups excluding carboxylic acids is 1. The minimum Gasteiger partial charge on any atom is -0.455 e. The van der Waals surface area contributed by atoms with E-state index in [1.807, 2.05) is 50.5 Å². The monoisotopic (exact) mass is 491 g/mol. The average Bonchev–Trinajstić information content (AvgIpc) is 3.60. The summed E-state index contributed by atoms with van der Waals surface area (Å²) in [5.74, 6) is 0.123. The minimum absolute atomic E-state index is 0.0350. The fraction of sp³-hybridized carbons (Fsp3) is 0.321. The topological polar surface area (TPSA) is 65.7 Å². The first-order chi connectivity index (χ1) is 16.6. The van der Waals surface area contributed by atoms with Crippen LogP contribution >= 0.6 is 11.6 Å². The molecule has 0 fully saturated rings. The van der Waals surface area contributed by atoms with E-state index in [0.29, 0.717) is 22.2 Å². The molecule has 0 saturated carbocycles. The largest absolute Gasteiger partial charge is 0.455 e. The smallest absolute Gasteiger partial charge is 0.313 e. The molecule has 7 heteroatoms. The van der Waals surface area contributed by atoms with Gasteiger partial charge in [0.1, 0.15) is 11.7 Å². The molecule has 6 nitrogen and oxygen atoms in total. The SMILES string of the molecule is Cc1nn(C)c(/C(OCOC(=O)Cc2ccccc2)=C(/c2ccc(C(C)(C)C)cc2)C2C=N2)c1Cl. The van der Waals surface area contributed by atoms with E-state index >= 15 is 0 Å². The van der Waals surface area contributed by atoms with Crippen LogP contribution in [0.2, 0.25) is 5.02 Å². The number of esters is 1. The number of aliphatic imine (C=N–C) groups is 1. The number of rotatable bonds is 8. The van der Waals surface area contributed by atoms with Gasteiger partial charge >= 0.3 is 5.97 Å². The molecule has 0 amide bonds.